The van der Waals surface area contributed by atoms with Crippen LogP contribution in [0.15, 0.2) is 24.4 Å². The summed E-state index contributed by atoms with van der Waals surface area (Å²) in [6.07, 6.45) is 2.51. The summed E-state index contributed by atoms with van der Waals surface area (Å²) in [7, 11) is 0. The molecule has 0 saturated heterocycles. The minimum atomic E-state index is -0.240. The smallest absolute Gasteiger partial charge is 0.246 e. The lowest BCUT2D eigenvalue weighted by Gasteiger charge is -2.33. The lowest BCUT2D eigenvalue weighted by Crippen LogP contribution is -2.43. The highest BCUT2D eigenvalue weighted by Crippen LogP contribution is 2.31. The molecule has 22 heavy (non-hydrogen) atoms. The van der Waals surface area contributed by atoms with E-state index in [9.17, 15) is 4.79 Å². The summed E-state index contributed by atoms with van der Waals surface area (Å²) in [5.74, 6) is 2.09. The normalized spacial score (nSPS) is 17.9. The number of hydrogen-bond donors (Lipinski definition) is 0. The summed E-state index contributed by atoms with van der Waals surface area (Å²) in [5, 5.41) is 8.60. The zero-order chi connectivity index (χ0) is 15.7. The zero-order valence-corrected chi connectivity index (χ0v) is 13.2. The molecule has 2 aromatic heterocycles. The van der Waals surface area contributed by atoms with Crippen LogP contribution in [-0.4, -0.2) is 37.1 Å². The Morgan fingerprint density at radius 2 is 2.14 bits per heavy atom. The molecule has 6 nitrogen and oxygen atoms in total. The molecule has 116 valence electrons. The maximum absolute atomic E-state index is 12.8. The van der Waals surface area contributed by atoms with Gasteiger partial charge in [-0.25, -0.2) is 0 Å². The summed E-state index contributed by atoms with van der Waals surface area (Å²) in [6.45, 7) is 7.46. The fourth-order valence-corrected chi connectivity index (χ4v) is 2.92. The van der Waals surface area contributed by atoms with Crippen molar-refractivity contribution >= 4 is 5.91 Å². The molecule has 6 heteroatoms. The van der Waals surface area contributed by atoms with Crippen LogP contribution in [0.4, 0.5) is 0 Å². The van der Waals surface area contributed by atoms with Crippen LogP contribution in [0.5, 0.6) is 0 Å². The van der Waals surface area contributed by atoms with Gasteiger partial charge >= 0.3 is 0 Å². The minimum Gasteiger partial charge on any atom is -0.334 e. The quantitative estimate of drug-likeness (QED) is 0.869. The standard InChI is InChI=1S/C16H21N5O/c1-4-20-10-14-18-19-15(12-7-5-6-8-17-12)21(14)13(16(20)22)9-11(2)3/h5-8,11,13H,4,9-10H2,1-3H3/t13-/m0/s1. The molecular weight excluding hydrogens is 278 g/mol. The van der Waals surface area contributed by atoms with Crippen molar-refractivity contribution in [3.63, 3.8) is 0 Å². The summed E-state index contributed by atoms with van der Waals surface area (Å²) < 4.78 is 1.98. The third kappa shape index (κ3) is 2.49. The van der Waals surface area contributed by atoms with Gasteiger partial charge in [0.15, 0.2) is 11.6 Å². The topological polar surface area (TPSA) is 63.9 Å². The molecule has 0 fully saturated rings. The Bertz CT molecular complexity index is 664. The first kappa shape index (κ1) is 14.7. The molecule has 1 aliphatic heterocycles. The first-order chi connectivity index (χ1) is 10.6. The summed E-state index contributed by atoms with van der Waals surface area (Å²) in [4.78, 5) is 19.0. The van der Waals surface area contributed by atoms with E-state index in [1.54, 1.807) is 6.20 Å². The summed E-state index contributed by atoms with van der Waals surface area (Å²) in [6, 6.07) is 5.45. The number of nitrogens with zero attached hydrogens (tertiary/aromatic N) is 5. The fraction of sp³-hybridized carbons (Fsp3) is 0.500. The van der Waals surface area contributed by atoms with Crippen LogP contribution >= 0.6 is 0 Å². The van der Waals surface area contributed by atoms with Gasteiger partial charge in [0.05, 0.1) is 6.54 Å². The number of amides is 1. The molecule has 0 bridgehead atoms. The average Bonchev–Trinajstić information content (AvgIpc) is 2.94. The highest BCUT2D eigenvalue weighted by molar-refractivity contribution is 5.82. The second-order valence-electron chi connectivity index (χ2n) is 6.02. The number of hydrogen-bond acceptors (Lipinski definition) is 4. The van der Waals surface area contributed by atoms with E-state index in [1.807, 2.05) is 34.6 Å². The van der Waals surface area contributed by atoms with Crippen LogP contribution in [0.2, 0.25) is 0 Å². The molecule has 0 aromatic carbocycles. The maximum atomic E-state index is 12.8. The van der Waals surface area contributed by atoms with E-state index in [0.717, 1.165) is 17.9 Å². The van der Waals surface area contributed by atoms with Gasteiger partial charge in [-0.2, -0.15) is 0 Å². The number of rotatable bonds is 4. The molecule has 3 rings (SSSR count). The van der Waals surface area contributed by atoms with Gasteiger partial charge < -0.3 is 4.90 Å². The van der Waals surface area contributed by atoms with Crippen LogP contribution in [0, 0.1) is 5.92 Å². The molecule has 0 N–H and O–H groups in total. The molecule has 0 unspecified atom stereocenters. The van der Waals surface area contributed by atoms with Gasteiger partial charge in [-0.3, -0.25) is 14.3 Å². The minimum absolute atomic E-state index is 0.153. The third-order valence-corrected chi connectivity index (χ3v) is 3.98. The van der Waals surface area contributed by atoms with E-state index in [4.69, 9.17) is 0 Å². The Labute approximate surface area is 130 Å². The van der Waals surface area contributed by atoms with Crippen LogP contribution < -0.4 is 0 Å². The maximum Gasteiger partial charge on any atom is 0.246 e. The van der Waals surface area contributed by atoms with Crippen LogP contribution in [0.1, 0.15) is 39.1 Å². The van der Waals surface area contributed by atoms with E-state index >= 15 is 0 Å². The van der Waals surface area contributed by atoms with E-state index in [-0.39, 0.29) is 11.9 Å². The molecule has 1 amide bonds. The number of carbonyl (C=O) groups excluding carboxylic acids is 1. The van der Waals surface area contributed by atoms with Crippen molar-refractivity contribution in [2.45, 2.75) is 39.8 Å². The van der Waals surface area contributed by atoms with Crippen molar-refractivity contribution in [2.75, 3.05) is 6.54 Å². The van der Waals surface area contributed by atoms with Gasteiger partial charge in [-0.05, 0) is 31.4 Å². The van der Waals surface area contributed by atoms with E-state index in [1.165, 1.54) is 0 Å². The zero-order valence-electron chi connectivity index (χ0n) is 13.2. The van der Waals surface area contributed by atoms with Crippen molar-refractivity contribution in [1.29, 1.82) is 0 Å². The van der Waals surface area contributed by atoms with E-state index in [0.29, 0.717) is 24.8 Å². The summed E-state index contributed by atoms with van der Waals surface area (Å²) in [5.41, 5.74) is 0.757. The highest BCUT2D eigenvalue weighted by atomic mass is 16.2. The lowest BCUT2D eigenvalue weighted by molar-refractivity contribution is -0.137. The van der Waals surface area contributed by atoms with Crippen molar-refractivity contribution in [3.05, 3.63) is 30.2 Å². The number of fused-ring (bicyclic) bond motifs is 1. The molecule has 0 spiro atoms. The van der Waals surface area contributed by atoms with Crippen molar-refractivity contribution in [1.82, 2.24) is 24.6 Å². The van der Waals surface area contributed by atoms with Gasteiger partial charge in [-0.1, -0.05) is 19.9 Å². The number of aromatic nitrogens is 4. The van der Waals surface area contributed by atoms with Gasteiger partial charge in [-0.15, -0.1) is 10.2 Å². The van der Waals surface area contributed by atoms with Crippen molar-refractivity contribution in [3.8, 4) is 11.5 Å². The molecule has 1 atom stereocenters. The Kier molecular flexibility index (Phi) is 3.92. The van der Waals surface area contributed by atoms with E-state index in [2.05, 4.69) is 29.0 Å². The monoisotopic (exact) mass is 299 g/mol. The van der Waals surface area contributed by atoms with Crippen molar-refractivity contribution < 1.29 is 4.79 Å². The van der Waals surface area contributed by atoms with Crippen molar-refractivity contribution in [2.24, 2.45) is 5.92 Å². The second kappa shape index (κ2) is 5.87. The van der Waals surface area contributed by atoms with Crippen LogP contribution in [-0.2, 0) is 11.3 Å². The molecular formula is C16H21N5O. The Morgan fingerprint density at radius 3 is 2.77 bits per heavy atom. The SMILES string of the molecule is CCN1Cc2nnc(-c3ccccn3)n2[C@@H](CC(C)C)C1=O. The number of pyridine rings is 1. The molecule has 0 saturated carbocycles. The van der Waals surface area contributed by atoms with Gasteiger partial charge in [0.2, 0.25) is 5.91 Å². The third-order valence-electron chi connectivity index (χ3n) is 3.98. The number of likely N-dealkylation sites (N-methyl/N-ethyl adjacent to an activating group) is 1. The molecule has 2 aromatic rings. The Morgan fingerprint density at radius 1 is 1.32 bits per heavy atom. The van der Waals surface area contributed by atoms with Gasteiger partial charge in [0, 0.05) is 12.7 Å². The predicted octanol–water partition coefficient (Wildman–Crippen LogP) is 2.29. The highest BCUT2D eigenvalue weighted by Gasteiger charge is 2.36. The predicted molar refractivity (Wildman–Crippen MR) is 82.8 cm³/mol. The fourth-order valence-electron chi connectivity index (χ4n) is 2.92. The number of carbonyl (C=O) groups is 1. The first-order valence-electron chi connectivity index (χ1n) is 7.75. The molecule has 3 heterocycles. The molecule has 0 radical (unpaired) electrons. The Balaban J connectivity index is 2.09. The van der Waals surface area contributed by atoms with Gasteiger partial charge in [0.25, 0.3) is 0 Å². The second-order valence-corrected chi connectivity index (χ2v) is 6.02. The van der Waals surface area contributed by atoms with Crippen LogP contribution in [0.3, 0.4) is 0 Å². The first-order valence-corrected chi connectivity index (χ1v) is 7.75. The lowest BCUT2D eigenvalue weighted by atomic mass is 10.0. The van der Waals surface area contributed by atoms with Crippen LogP contribution in [0.25, 0.3) is 11.5 Å². The van der Waals surface area contributed by atoms with E-state index < -0.39 is 0 Å². The van der Waals surface area contributed by atoms with Gasteiger partial charge in [0.1, 0.15) is 11.7 Å². The molecule has 0 aliphatic carbocycles. The average molecular weight is 299 g/mol. The molecule has 1 aliphatic rings. The largest absolute Gasteiger partial charge is 0.334 e. The Hall–Kier alpha value is -2.24. The summed E-state index contributed by atoms with van der Waals surface area (Å²) >= 11 is 0.